The predicted octanol–water partition coefficient (Wildman–Crippen LogP) is 3.75. The zero-order valence-electron chi connectivity index (χ0n) is 14.2. The van der Waals surface area contributed by atoms with Crippen LogP contribution in [0.5, 0.6) is 0 Å². The van der Waals surface area contributed by atoms with E-state index in [1.54, 1.807) is 18.2 Å². The fraction of sp³-hybridized carbons (Fsp3) is 0.381. The molecule has 1 amide bonds. The summed E-state index contributed by atoms with van der Waals surface area (Å²) in [6.07, 6.45) is 4.26. The number of benzene rings is 2. The largest absolute Gasteiger partial charge is 0.349 e. The molecule has 2 aliphatic rings. The van der Waals surface area contributed by atoms with Gasteiger partial charge >= 0.3 is 0 Å². The number of carbonyl (C=O) groups excluding carboxylic acids is 1. The molecular weight excluding hydrogens is 315 g/mol. The minimum atomic E-state index is -0.454. The molecule has 0 saturated carbocycles. The van der Waals surface area contributed by atoms with E-state index in [4.69, 9.17) is 0 Å². The van der Waals surface area contributed by atoms with E-state index in [9.17, 15) is 9.18 Å². The van der Waals surface area contributed by atoms with Gasteiger partial charge in [-0.2, -0.15) is 0 Å². The Hall–Kier alpha value is -2.20. The van der Waals surface area contributed by atoms with E-state index in [2.05, 4.69) is 34.5 Å². The van der Waals surface area contributed by atoms with Crippen LogP contribution >= 0.6 is 0 Å². The highest BCUT2D eigenvalue weighted by atomic mass is 19.1. The van der Waals surface area contributed by atoms with Gasteiger partial charge in [-0.15, -0.1) is 0 Å². The average Bonchev–Trinajstić information content (AvgIpc) is 2.85. The first-order valence-corrected chi connectivity index (χ1v) is 9.06. The van der Waals surface area contributed by atoms with Crippen molar-refractivity contribution in [3.63, 3.8) is 0 Å². The van der Waals surface area contributed by atoms with Crippen LogP contribution in [-0.2, 0) is 6.54 Å². The van der Waals surface area contributed by atoms with Crippen LogP contribution in [0.25, 0.3) is 0 Å². The summed E-state index contributed by atoms with van der Waals surface area (Å²) in [5.41, 5.74) is 1.48. The third-order valence-electron chi connectivity index (χ3n) is 5.55. The number of carbonyl (C=O) groups is 1. The summed E-state index contributed by atoms with van der Waals surface area (Å²) < 4.78 is 13.8. The molecule has 2 atom stereocenters. The van der Waals surface area contributed by atoms with E-state index in [1.807, 2.05) is 6.07 Å². The van der Waals surface area contributed by atoms with Gasteiger partial charge in [-0.05, 0) is 43.4 Å². The van der Waals surface area contributed by atoms with Crippen molar-refractivity contribution < 1.29 is 9.18 Å². The molecule has 2 heterocycles. The van der Waals surface area contributed by atoms with Gasteiger partial charge in [0.1, 0.15) is 5.82 Å². The lowest BCUT2D eigenvalue weighted by Gasteiger charge is -2.39. The molecule has 4 heteroatoms. The van der Waals surface area contributed by atoms with E-state index in [0.717, 1.165) is 19.4 Å². The normalized spacial score (nSPS) is 25.7. The van der Waals surface area contributed by atoms with Crippen LogP contribution in [0.3, 0.4) is 0 Å². The highest BCUT2D eigenvalue weighted by molar-refractivity contribution is 5.94. The summed E-state index contributed by atoms with van der Waals surface area (Å²) >= 11 is 0. The van der Waals surface area contributed by atoms with Crippen molar-refractivity contribution in [3.8, 4) is 0 Å². The fourth-order valence-electron chi connectivity index (χ4n) is 4.35. The van der Waals surface area contributed by atoms with Crippen molar-refractivity contribution in [1.29, 1.82) is 0 Å². The number of hydrogen-bond acceptors (Lipinski definition) is 2. The number of nitrogens with one attached hydrogen (secondary N) is 1. The Labute approximate surface area is 147 Å². The summed E-state index contributed by atoms with van der Waals surface area (Å²) in [5.74, 6) is -0.747. The molecule has 2 aromatic rings. The highest BCUT2D eigenvalue weighted by Gasteiger charge is 2.41. The summed E-state index contributed by atoms with van der Waals surface area (Å²) in [6, 6.07) is 17.9. The molecule has 2 aliphatic heterocycles. The topological polar surface area (TPSA) is 32.3 Å². The minimum Gasteiger partial charge on any atom is -0.349 e. The summed E-state index contributed by atoms with van der Waals surface area (Å²) in [4.78, 5) is 15.0. The molecule has 0 spiro atoms. The Morgan fingerprint density at radius 3 is 2.32 bits per heavy atom. The molecule has 4 rings (SSSR count). The van der Waals surface area contributed by atoms with Gasteiger partial charge in [0.15, 0.2) is 0 Å². The van der Waals surface area contributed by atoms with Crippen molar-refractivity contribution in [2.75, 3.05) is 0 Å². The second-order valence-electron chi connectivity index (χ2n) is 7.16. The SMILES string of the molecule is O=C(NC1C[C@@H]2CC[C@@H](C1)N2Cc1ccccc1)c1ccccc1F. The third-order valence-corrected chi connectivity index (χ3v) is 5.55. The second kappa shape index (κ2) is 6.96. The maximum Gasteiger partial charge on any atom is 0.254 e. The number of fused-ring (bicyclic) bond motifs is 2. The zero-order chi connectivity index (χ0) is 17.2. The molecule has 2 fully saturated rings. The lowest BCUT2D eigenvalue weighted by Crippen LogP contribution is -2.50. The Kier molecular flexibility index (Phi) is 4.53. The Balaban J connectivity index is 1.40. The molecule has 3 nitrogen and oxygen atoms in total. The Morgan fingerprint density at radius 1 is 1.00 bits per heavy atom. The lowest BCUT2D eigenvalue weighted by molar-refractivity contribution is 0.0824. The molecule has 0 aromatic heterocycles. The fourth-order valence-corrected chi connectivity index (χ4v) is 4.35. The molecule has 0 aliphatic carbocycles. The van der Waals surface area contributed by atoms with Gasteiger partial charge < -0.3 is 5.32 Å². The van der Waals surface area contributed by atoms with Gasteiger partial charge in [0.25, 0.3) is 5.91 Å². The molecule has 130 valence electrons. The van der Waals surface area contributed by atoms with Gasteiger partial charge in [-0.3, -0.25) is 9.69 Å². The predicted molar refractivity (Wildman–Crippen MR) is 95.7 cm³/mol. The molecule has 1 N–H and O–H groups in total. The smallest absolute Gasteiger partial charge is 0.254 e. The van der Waals surface area contributed by atoms with E-state index in [0.29, 0.717) is 12.1 Å². The minimum absolute atomic E-state index is 0.136. The van der Waals surface area contributed by atoms with E-state index in [-0.39, 0.29) is 17.5 Å². The molecule has 2 bridgehead atoms. The maximum absolute atomic E-state index is 13.8. The van der Waals surface area contributed by atoms with E-state index >= 15 is 0 Å². The Morgan fingerprint density at radius 2 is 1.64 bits per heavy atom. The van der Waals surface area contributed by atoms with Gasteiger partial charge in [0.2, 0.25) is 0 Å². The molecular formula is C21H23FN2O. The van der Waals surface area contributed by atoms with Crippen LogP contribution in [0, 0.1) is 5.82 Å². The van der Waals surface area contributed by atoms with Crippen molar-refractivity contribution in [3.05, 3.63) is 71.5 Å². The summed E-state index contributed by atoms with van der Waals surface area (Å²) in [7, 11) is 0. The van der Waals surface area contributed by atoms with Crippen molar-refractivity contribution in [1.82, 2.24) is 10.2 Å². The molecule has 2 aromatic carbocycles. The summed E-state index contributed by atoms with van der Waals surface area (Å²) in [5, 5.41) is 3.06. The van der Waals surface area contributed by atoms with Crippen LogP contribution in [-0.4, -0.2) is 28.9 Å². The maximum atomic E-state index is 13.8. The zero-order valence-corrected chi connectivity index (χ0v) is 14.2. The van der Waals surface area contributed by atoms with E-state index < -0.39 is 5.82 Å². The van der Waals surface area contributed by atoms with Gasteiger partial charge in [-0.25, -0.2) is 4.39 Å². The van der Waals surface area contributed by atoms with Gasteiger partial charge in [0, 0.05) is 24.7 Å². The van der Waals surface area contributed by atoms with Crippen molar-refractivity contribution in [2.24, 2.45) is 0 Å². The van der Waals surface area contributed by atoms with Crippen molar-refractivity contribution >= 4 is 5.91 Å². The summed E-state index contributed by atoms with van der Waals surface area (Å²) in [6.45, 7) is 0.976. The first-order valence-electron chi connectivity index (χ1n) is 9.06. The number of rotatable bonds is 4. The standard InChI is InChI=1S/C21H23FN2O/c22-20-9-5-4-8-19(20)21(25)23-16-12-17-10-11-18(13-16)24(17)14-15-6-2-1-3-7-15/h1-9,16-18H,10-14H2,(H,23,25)/t17-,18-/m0/s1. The average molecular weight is 338 g/mol. The van der Waals surface area contributed by atoms with E-state index in [1.165, 1.54) is 24.5 Å². The molecule has 0 radical (unpaired) electrons. The van der Waals surface area contributed by atoms with Crippen LogP contribution in [0.1, 0.15) is 41.6 Å². The first-order chi connectivity index (χ1) is 12.2. The van der Waals surface area contributed by atoms with Crippen LogP contribution < -0.4 is 5.32 Å². The first kappa shape index (κ1) is 16.3. The molecule has 25 heavy (non-hydrogen) atoms. The molecule has 2 saturated heterocycles. The number of halogens is 1. The highest BCUT2D eigenvalue weighted by Crippen LogP contribution is 2.36. The number of hydrogen-bond donors (Lipinski definition) is 1. The van der Waals surface area contributed by atoms with Crippen LogP contribution in [0.15, 0.2) is 54.6 Å². The Bertz CT molecular complexity index is 735. The number of amides is 1. The number of nitrogens with zero attached hydrogens (tertiary/aromatic N) is 1. The number of piperidine rings is 1. The second-order valence-corrected chi connectivity index (χ2v) is 7.16. The quantitative estimate of drug-likeness (QED) is 0.921. The third kappa shape index (κ3) is 3.45. The van der Waals surface area contributed by atoms with Gasteiger partial charge in [-0.1, -0.05) is 42.5 Å². The van der Waals surface area contributed by atoms with Gasteiger partial charge in [0.05, 0.1) is 5.56 Å². The van der Waals surface area contributed by atoms with Crippen LogP contribution in [0.2, 0.25) is 0 Å². The lowest BCUT2D eigenvalue weighted by atomic mass is 9.96. The van der Waals surface area contributed by atoms with Crippen LogP contribution in [0.4, 0.5) is 4.39 Å². The van der Waals surface area contributed by atoms with Crippen molar-refractivity contribution in [2.45, 2.75) is 50.4 Å². The molecule has 0 unspecified atom stereocenters. The monoisotopic (exact) mass is 338 g/mol.